The largest absolute Gasteiger partial charge is 0.352 e. The molecule has 1 aliphatic carbocycles. The van der Waals surface area contributed by atoms with Crippen LogP contribution in [0.3, 0.4) is 0 Å². The van der Waals surface area contributed by atoms with Gasteiger partial charge < -0.3 is 10.2 Å². The van der Waals surface area contributed by atoms with Crippen LogP contribution >= 0.6 is 0 Å². The Morgan fingerprint density at radius 3 is 2.21 bits per heavy atom. The van der Waals surface area contributed by atoms with Crippen molar-refractivity contribution in [1.82, 2.24) is 10.2 Å². The maximum Gasteiger partial charge on any atom is 0.242 e. The third-order valence-corrected chi connectivity index (χ3v) is 8.44. The van der Waals surface area contributed by atoms with Crippen LogP contribution < -0.4 is 9.62 Å². The van der Waals surface area contributed by atoms with Gasteiger partial charge in [-0.05, 0) is 75.3 Å². The third kappa shape index (κ3) is 8.86. The number of aryl methyl sites for hydroxylation is 2. The number of carbonyl (C=O) groups excluding carboxylic acids is 2. The van der Waals surface area contributed by atoms with Gasteiger partial charge in [0.2, 0.25) is 21.8 Å². The molecule has 1 atom stereocenters. The number of amides is 2. The first kappa shape index (κ1) is 29.7. The van der Waals surface area contributed by atoms with E-state index in [9.17, 15) is 18.0 Å². The van der Waals surface area contributed by atoms with Crippen molar-refractivity contribution in [3.63, 3.8) is 0 Å². The zero-order valence-electron chi connectivity index (χ0n) is 23.3. The third-order valence-electron chi connectivity index (χ3n) is 7.25. The first-order valence-corrected chi connectivity index (χ1v) is 15.6. The summed E-state index contributed by atoms with van der Waals surface area (Å²) in [5.41, 5.74) is 3.67. The average molecular weight is 542 g/mol. The molecule has 1 aliphatic rings. The smallest absolute Gasteiger partial charge is 0.242 e. The Balaban J connectivity index is 1.69. The zero-order valence-corrected chi connectivity index (χ0v) is 24.1. The summed E-state index contributed by atoms with van der Waals surface area (Å²) in [7, 11) is -3.52. The van der Waals surface area contributed by atoms with Crippen molar-refractivity contribution in [3.8, 4) is 0 Å². The molecule has 7 nitrogen and oxygen atoms in total. The minimum Gasteiger partial charge on any atom is -0.352 e. The fraction of sp³-hybridized carbons (Fsp3) is 0.533. The second-order valence-electron chi connectivity index (χ2n) is 10.6. The summed E-state index contributed by atoms with van der Waals surface area (Å²) >= 11 is 0. The van der Waals surface area contributed by atoms with E-state index in [4.69, 9.17) is 0 Å². The van der Waals surface area contributed by atoms with Gasteiger partial charge in [0.15, 0.2) is 0 Å². The molecule has 0 spiro atoms. The molecular weight excluding hydrogens is 498 g/mol. The summed E-state index contributed by atoms with van der Waals surface area (Å²) in [4.78, 5) is 28.3. The van der Waals surface area contributed by atoms with Crippen LogP contribution in [0.5, 0.6) is 0 Å². The summed E-state index contributed by atoms with van der Waals surface area (Å²) in [6, 6.07) is 15.2. The molecule has 38 heavy (non-hydrogen) atoms. The lowest BCUT2D eigenvalue weighted by Gasteiger charge is -2.31. The molecule has 2 amide bonds. The first-order valence-electron chi connectivity index (χ1n) is 13.7. The van der Waals surface area contributed by atoms with E-state index in [1.54, 1.807) is 11.8 Å². The molecular formula is C30H43N3O4S. The van der Waals surface area contributed by atoms with E-state index in [0.717, 1.165) is 42.4 Å². The number of hydrogen-bond acceptors (Lipinski definition) is 4. The Bertz CT molecular complexity index is 1160. The Hall–Kier alpha value is -2.87. The Labute approximate surface area is 228 Å². The minimum absolute atomic E-state index is 0.119. The first-order chi connectivity index (χ1) is 18.0. The van der Waals surface area contributed by atoms with Gasteiger partial charge in [-0.2, -0.15) is 0 Å². The summed E-state index contributed by atoms with van der Waals surface area (Å²) in [6.45, 7) is 6.28. The van der Waals surface area contributed by atoms with Gasteiger partial charge in [0.1, 0.15) is 6.04 Å². The molecule has 1 fully saturated rings. The molecule has 8 heteroatoms. The predicted octanol–water partition coefficient (Wildman–Crippen LogP) is 4.76. The highest BCUT2D eigenvalue weighted by Crippen LogP contribution is 2.22. The number of anilines is 1. The lowest BCUT2D eigenvalue weighted by Crippen LogP contribution is -2.51. The molecule has 2 aromatic carbocycles. The molecule has 0 heterocycles. The number of benzene rings is 2. The normalized spacial score (nSPS) is 15.1. The van der Waals surface area contributed by atoms with Crippen molar-refractivity contribution in [2.45, 2.75) is 84.2 Å². The summed E-state index contributed by atoms with van der Waals surface area (Å²) < 4.78 is 26.5. The highest BCUT2D eigenvalue weighted by molar-refractivity contribution is 7.92. The SMILES string of the molecule is Cc1cc(C)cc(N(CCCC(=O)N(CCc2ccccc2)C(C)C(=O)NC2CCCCC2)S(C)(=O)=O)c1. The van der Waals surface area contributed by atoms with E-state index in [2.05, 4.69) is 5.32 Å². The topological polar surface area (TPSA) is 86.8 Å². The van der Waals surface area contributed by atoms with Crippen LogP contribution in [-0.4, -0.2) is 56.6 Å². The zero-order chi connectivity index (χ0) is 27.7. The van der Waals surface area contributed by atoms with Crippen LogP contribution in [0.25, 0.3) is 0 Å². The van der Waals surface area contributed by atoms with E-state index in [1.807, 2.05) is 62.4 Å². The number of hydrogen-bond donors (Lipinski definition) is 1. The maximum absolute atomic E-state index is 13.5. The monoisotopic (exact) mass is 541 g/mol. The molecule has 208 valence electrons. The lowest BCUT2D eigenvalue weighted by atomic mass is 9.95. The summed E-state index contributed by atoms with van der Waals surface area (Å²) in [5, 5.41) is 3.16. The van der Waals surface area contributed by atoms with Crippen molar-refractivity contribution in [2.24, 2.45) is 0 Å². The molecule has 0 bridgehead atoms. The fourth-order valence-electron chi connectivity index (χ4n) is 5.24. The van der Waals surface area contributed by atoms with Crippen molar-refractivity contribution in [3.05, 3.63) is 65.2 Å². The number of rotatable bonds is 12. The van der Waals surface area contributed by atoms with Crippen LogP contribution in [0, 0.1) is 13.8 Å². The number of sulfonamides is 1. The number of nitrogens with one attached hydrogen (secondary N) is 1. The van der Waals surface area contributed by atoms with E-state index >= 15 is 0 Å². The van der Waals surface area contributed by atoms with Gasteiger partial charge in [0.05, 0.1) is 11.9 Å². The van der Waals surface area contributed by atoms with Crippen molar-refractivity contribution >= 4 is 27.5 Å². The molecule has 0 aliphatic heterocycles. The fourth-order valence-corrected chi connectivity index (χ4v) is 6.19. The second-order valence-corrected chi connectivity index (χ2v) is 12.5. The molecule has 1 saturated carbocycles. The highest BCUT2D eigenvalue weighted by Gasteiger charge is 2.28. The van der Waals surface area contributed by atoms with Gasteiger partial charge in [-0.25, -0.2) is 8.42 Å². The summed E-state index contributed by atoms with van der Waals surface area (Å²) in [5.74, 6) is -0.257. The number of nitrogens with zero attached hydrogens (tertiary/aromatic N) is 2. The molecule has 3 rings (SSSR count). The molecule has 2 aromatic rings. The lowest BCUT2D eigenvalue weighted by molar-refractivity contribution is -0.140. The Kier molecular flexibility index (Phi) is 10.8. The standard InChI is InChI=1S/C30H43N3O4S/c1-23-20-24(2)22-28(21-23)33(38(4,36)37)18-11-16-29(34)32(19-17-26-12-7-5-8-13-26)25(3)30(35)31-27-14-9-6-10-15-27/h5,7-8,12-13,20-22,25,27H,6,9-11,14-19H2,1-4H3,(H,31,35). The van der Waals surface area contributed by atoms with Gasteiger partial charge in [0.25, 0.3) is 0 Å². The minimum atomic E-state index is -3.52. The molecule has 0 radical (unpaired) electrons. The maximum atomic E-state index is 13.5. The van der Waals surface area contributed by atoms with Crippen LogP contribution in [0.2, 0.25) is 0 Å². The molecule has 1 N–H and O–H groups in total. The Morgan fingerprint density at radius 2 is 1.61 bits per heavy atom. The molecule has 0 aromatic heterocycles. The van der Waals surface area contributed by atoms with Crippen molar-refractivity contribution in [1.29, 1.82) is 0 Å². The van der Waals surface area contributed by atoms with Gasteiger partial charge in [-0.1, -0.05) is 55.7 Å². The van der Waals surface area contributed by atoms with Gasteiger partial charge in [-0.15, -0.1) is 0 Å². The van der Waals surface area contributed by atoms with Crippen LogP contribution in [0.4, 0.5) is 5.69 Å². The van der Waals surface area contributed by atoms with E-state index in [1.165, 1.54) is 17.0 Å². The van der Waals surface area contributed by atoms with Gasteiger partial charge in [-0.3, -0.25) is 13.9 Å². The van der Waals surface area contributed by atoms with Crippen LogP contribution in [-0.2, 0) is 26.0 Å². The summed E-state index contributed by atoms with van der Waals surface area (Å²) in [6.07, 6.45) is 7.76. The van der Waals surface area contributed by atoms with E-state index < -0.39 is 16.1 Å². The predicted molar refractivity (Wildman–Crippen MR) is 154 cm³/mol. The van der Waals surface area contributed by atoms with Crippen LogP contribution in [0.1, 0.15) is 68.6 Å². The molecule has 0 saturated heterocycles. The van der Waals surface area contributed by atoms with Gasteiger partial charge >= 0.3 is 0 Å². The number of carbonyl (C=O) groups is 2. The van der Waals surface area contributed by atoms with E-state index in [0.29, 0.717) is 25.1 Å². The second kappa shape index (κ2) is 13.8. The molecule has 1 unspecified atom stereocenters. The van der Waals surface area contributed by atoms with E-state index in [-0.39, 0.29) is 30.8 Å². The highest BCUT2D eigenvalue weighted by atomic mass is 32.2. The quantitative estimate of drug-likeness (QED) is 0.420. The Morgan fingerprint density at radius 1 is 0.974 bits per heavy atom. The van der Waals surface area contributed by atoms with Gasteiger partial charge in [0, 0.05) is 25.6 Å². The van der Waals surface area contributed by atoms with Crippen molar-refractivity contribution < 1.29 is 18.0 Å². The van der Waals surface area contributed by atoms with Crippen molar-refractivity contribution in [2.75, 3.05) is 23.7 Å². The van der Waals surface area contributed by atoms with Crippen LogP contribution in [0.15, 0.2) is 48.5 Å². The average Bonchev–Trinajstić information content (AvgIpc) is 2.86.